The third kappa shape index (κ3) is 1.31. The van der Waals surface area contributed by atoms with Crippen molar-refractivity contribution in [2.75, 3.05) is 13.1 Å². The van der Waals surface area contributed by atoms with Gasteiger partial charge in [-0.15, -0.1) is 0 Å². The quantitative estimate of drug-likeness (QED) is 0.467. The van der Waals surface area contributed by atoms with Crippen molar-refractivity contribution in [3.63, 3.8) is 0 Å². The summed E-state index contributed by atoms with van der Waals surface area (Å²) in [7, 11) is 0. The van der Waals surface area contributed by atoms with Gasteiger partial charge in [0.2, 0.25) is 0 Å². The fourth-order valence-corrected chi connectivity index (χ4v) is 1.39. The van der Waals surface area contributed by atoms with Gasteiger partial charge >= 0.3 is 0 Å². The van der Waals surface area contributed by atoms with E-state index in [1.165, 1.54) is 12.8 Å². The van der Waals surface area contributed by atoms with E-state index in [-0.39, 0.29) is 6.10 Å². The molecule has 1 aliphatic heterocycles. The van der Waals surface area contributed by atoms with Crippen LogP contribution in [0.15, 0.2) is 0 Å². The smallest absolute Gasteiger partial charge is 0.0829 e. The Labute approximate surface area is 60.8 Å². The normalized spacial score (nSPS) is 40.5. The van der Waals surface area contributed by atoms with Gasteiger partial charge in [0.15, 0.2) is 0 Å². The SMILES string of the molecule is O[C@@H]1CNC[C@H]1NC1CC1. The number of nitrogens with one attached hydrogen (secondary N) is 2. The summed E-state index contributed by atoms with van der Waals surface area (Å²) < 4.78 is 0. The second-order valence-electron chi connectivity index (χ2n) is 3.27. The van der Waals surface area contributed by atoms with Crippen molar-refractivity contribution >= 4 is 0 Å². The molecule has 0 aromatic heterocycles. The molecule has 3 nitrogen and oxygen atoms in total. The molecule has 3 N–H and O–H groups in total. The number of hydrogen-bond acceptors (Lipinski definition) is 3. The van der Waals surface area contributed by atoms with Crippen molar-refractivity contribution < 1.29 is 5.11 Å². The van der Waals surface area contributed by atoms with Gasteiger partial charge < -0.3 is 15.7 Å². The highest BCUT2D eigenvalue weighted by Crippen LogP contribution is 2.20. The molecule has 0 spiro atoms. The number of rotatable bonds is 2. The molecule has 2 atom stereocenters. The second kappa shape index (κ2) is 2.49. The van der Waals surface area contributed by atoms with Crippen LogP contribution in [0, 0.1) is 0 Å². The van der Waals surface area contributed by atoms with Gasteiger partial charge in [0.25, 0.3) is 0 Å². The minimum atomic E-state index is -0.166. The minimum Gasteiger partial charge on any atom is -0.390 e. The first-order chi connectivity index (χ1) is 4.86. The van der Waals surface area contributed by atoms with E-state index in [2.05, 4.69) is 10.6 Å². The number of β-amino-alcohol motifs (C(OH)–C–C–N with tert-alkyl or cyclic N) is 1. The maximum absolute atomic E-state index is 9.34. The van der Waals surface area contributed by atoms with Gasteiger partial charge in [-0.05, 0) is 12.8 Å². The fourth-order valence-electron chi connectivity index (χ4n) is 1.39. The molecule has 1 saturated carbocycles. The Morgan fingerprint density at radius 2 is 2.10 bits per heavy atom. The van der Waals surface area contributed by atoms with Crippen LogP contribution in [0.5, 0.6) is 0 Å². The molecule has 0 unspecified atom stereocenters. The van der Waals surface area contributed by atoms with Crippen LogP contribution in [0.3, 0.4) is 0 Å². The van der Waals surface area contributed by atoms with Gasteiger partial charge in [-0.25, -0.2) is 0 Å². The van der Waals surface area contributed by atoms with Crippen LogP contribution in [0.4, 0.5) is 0 Å². The monoisotopic (exact) mass is 142 g/mol. The first-order valence-corrected chi connectivity index (χ1v) is 4.01. The van der Waals surface area contributed by atoms with E-state index in [0.29, 0.717) is 12.1 Å². The average Bonchev–Trinajstić information content (AvgIpc) is 2.62. The molecule has 0 aromatic rings. The van der Waals surface area contributed by atoms with E-state index in [1.54, 1.807) is 0 Å². The molecule has 2 rings (SSSR count). The van der Waals surface area contributed by atoms with Crippen LogP contribution in [0.1, 0.15) is 12.8 Å². The lowest BCUT2D eigenvalue weighted by atomic mass is 10.2. The molecule has 0 radical (unpaired) electrons. The Hall–Kier alpha value is -0.120. The summed E-state index contributed by atoms with van der Waals surface area (Å²) in [6, 6.07) is 1.02. The van der Waals surface area contributed by atoms with Crippen LogP contribution in [0.25, 0.3) is 0 Å². The maximum Gasteiger partial charge on any atom is 0.0829 e. The topological polar surface area (TPSA) is 44.3 Å². The average molecular weight is 142 g/mol. The maximum atomic E-state index is 9.34. The Morgan fingerprint density at radius 1 is 1.30 bits per heavy atom. The van der Waals surface area contributed by atoms with Gasteiger partial charge in [-0.1, -0.05) is 0 Å². The molecule has 10 heavy (non-hydrogen) atoms. The lowest BCUT2D eigenvalue weighted by molar-refractivity contribution is 0.162. The third-order valence-electron chi connectivity index (χ3n) is 2.21. The van der Waals surface area contributed by atoms with Crippen molar-refractivity contribution in [1.82, 2.24) is 10.6 Å². The summed E-state index contributed by atoms with van der Waals surface area (Å²) >= 11 is 0. The number of aliphatic hydroxyl groups excluding tert-OH is 1. The highest BCUT2D eigenvalue weighted by molar-refractivity contribution is 4.92. The zero-order chi connectivity index (χ0) is 6.97. The molecule has 2 aliphatic rings. The van der Waals surface area contributed by atoms with E-state index in [4.69, 9.17) is 0 Å². The van der Waals surface area contributed by atoms with E-state index >= 15 is 0 Å². The summed E-state index contributed by atoms with van der Waals surface area (Å²) in [6.45, 7) is 1.68. The standard InChI is InChI=1S/C7H14N2O/c10-7-4-8-3-6(7)9-5-1-2-5/h5-10H,1-4H2/t6-,7-/m1/s1. The summed E-state index contributed by atoms with van der Waals surface area (Å²) in [5.74, 6) is 0. The highest BCUT2D eigenvalue weighted by Gasteiger charge is 2.30. The molecular weight excluding hydrogens is 128 g/mol. The zero-order valence-electron chi connectivity index (χ0n) is 6.01. The van der Waals surface area contributed by atoms with Crippen molar-refractivity contribution in [2.24, 2.45) is 0 Å². The molecule has 2 fully saturated rings. The molecule has 1 heterocycles. The van der Waals surface area contributed by atoms with Gasteiger partial charge in [0, 0.05) is 25.2 Å². The zero-order valence-corrected chi connectivity index (χ0v) is 6.01. The number of aliphatic hydroxyl groups is 1. The predicted octanol–water partition coefficient (Wildman–Crippen LogP) is -0.929. The van der Waals surface area contributed by atoms with E-state index in [0.717, 1.165) is 13.1 Å². The highest BCUT2D eigenvalue weighted by atomic mass is 16.3. The van der Waals surface area contributed by atoms with Gasteiger partial charge in [-0.3, -0.25) is 0 Å². The van der Waals surface area contributed by atoms with Gasteiger partial charge in [0.05, 0.1) is 6.10 Å². The lowest BCUT2D eigenvalue weighted by Crippen LogP contribution is -2.40. The molecule has 0 aromatic carbocycles. The summed E-state index contributed by atoms with van der Waals surface area (Å²) in [6.07, 6.45) is 2.42. The Morgan fingerprint density at radius 3 is 2.60 bits per heavy atom. The Bertz CT molecular complexity index is 125. The van der Waals surface area contributed by atoms with Crippen LogP contribution in [-0.4, -0.2) is 36.4 Å². The van der Waals surface area contributed by atoms with Crippen LogP contribution >= 0.6 is 0 Å². The molecule has 58 valence electrons. The molecule has 0 bridgehead atoms. The molecule has 1 aliphatic carbocycles. The Kier molecular flexibility index (Phi) is 1.64. The van der Waals surface area contributed by atoms with E-state index in [1.807, 2.05) is 0 Å². The van der Waals surface area contributed by atoms with Gasteiger partial charge in [-0.2, -0.15) is 0 Å². The summed E-state index contributed by atoms with van der Waals surface area (Å²) in [4.78, 5) is 0. The predicted molar refractivity (Wildman–Crippen MR) is 38.8 cm³/mol. The summed E-state index contributed by atoms with van der Waals surface area (Å²) in [5, 5.41) is 15.9. The molecule has 3 heteroatoms. The van der Waals surface area contributed by atoms with Crippen molar-refractivity contribution in [3.05, 3.63) is 0 Å². The molecule has 1 saturated heterocycles. The van der Waals surface area contributed by atoms with E-state index in [9.17, 15) is 5.11 Å². The lowest BCUT2D eigenvalue weighted by Gasteiger charge is -2.13. The minimum absolute atomic E-state index is 0.166. The molecular formula is C7H14N2O. The number of hydrogen-bond donors (Lipinski definition) is 3. The van der Waals surface area contributed by atoms with Crippen LogP contribution < -0.4 is 10.6 Å². The van der Waals surface area contributed by atoms with Crippen LogP contribution in [-0.2, 0) is 0 Å². The van der Waals surface area contributed by atoms with Crippen LogP contribution in [0.2, 0.25) is 0 Å². The summed E-state index contributed by atoms with van der Waals surface area (Å²) in [5.41, 5.74) is 0. The van der Waals surface area contributed by atoms with Gasteiger partial charge in [0.1, 0.15) is 0 Å². The second-order valence-corrected chi connectivity index (χ2v) is 3.27. The molecule has 0 amide bonds. The van der Waals surface area contributed by atoms with Crippen molar-refractivity contribution in [2.45, 2.75) is 31.0 Å². The fraction of sp³-hybridized carbons (Fsp3) is 1.00. The largest absolute Gasteiger partial charge is 0.390 e. The van der Waals surface area contributed by atoms with E-state index < -0.39 is 0 Å². The van der Waals surface area contributed by atoms with Crippen molar-refractivity contribution in [3.8, 4) is 0 Å². The Balaban J connectivity index is 1.79. The first-order valence-electron chi connectivity index (χ1n) is 4.01. The third-order valence-corrected chi connectivity index (χ3v) is 2.21. The first kappa shape index (κ1) is 6.58. The van der Waals surface area contributed by atoms with Crippen molar-refractivity contribution in [1.29, 1.82) is 0 Å².